The van der Waals surface area contributed by atoms with E-state index in [1.54, 1.807) is 42.3 Å². The topological polar surface area (TPSA) is 80.5 Å². The first-order valence-electron chi connectivity index (χ1n) is 7.51. The van der Waals surface area contributed by atoms with Gasteiger partial charge in [0.2, 0.25) is 15.9 Å². The third kappa shape index (κ3) is 5.16. The number of carbonyl (C=O) groups is 1. The molecule has 0 radical (unpaired) electrons. The van der Waals surface area contributed by atoms with E-state index in [1.165, 1.54) is 18.2 Å². The van der Waals surface area contributed by atoms with Crippen molar-refractivity contribution in [2.24, 2.45) is 5.14 Å². The molecule has 2 rings (SSSR count). The fraction of sp³-hybridized carbons (Fsp3) is 0.167. The summed E-state index contributed by atoms with van der Waals surface area (Å²) in [6.45, 7) is 1.86. The van der Waals surface area contributed by atoms with Crippen molar-refractivity contribution in [2.75, 3.05) is 7.05 Å². The number of nitrogens with two attached hydrogens (primary N) is 1. The average Bonchev–Trinajstić information content (AvgIpc) is 2.59. The zero-order chi connectivity index (χ0) is 18.6. The van der Waals surface area contributed by atoms with E-state index in [1.807, 2.05) is 19.1 Å². The largest absolute Gasteiger partial charge is 0.335 e. The van der Waals surface area contributed by atoms with E-state index in [0.29, 0.717) is 5.02 Å². The second kappa shape index (κ2) is 7.82. The summed E-state index contributed by atoms with van der Waals surface area (Å²) in [7, 11) is -2.04. The maximum atomic E-state index is 12.3. The van der Waals surface area contributed by atoms with Gasteiger partial charge in [0.25, 0.3) is 0 Å². The van der Waals surface area contributed by atoms with E-state index in [0.717, 1.165) is 11.1 Å². The van der Waals surface area contributed by atoms with Crippen LogP contribution in [0.1, 0.15) is 24.1 Å². The zero-order valence-electron chi connectivity index (χ0n) is 13.9. The first kappa shape index (κ1) is 19.2. The number of carbonyl (C=O) groups excluding carboxylic acids is 1. The Kier molecular flexibility index (Phi) is 6.00. The second-order valence-electron chi connectivity index (χ2n) is 5.62. The number of amides is 1. The summed E-state index contributed by atoms with van der Waals surface area (Å²) in [5.41, 5.74) is 1.68. The third-order valence-corrected chi connectivity index (χ3v) is 5.09. The van der Waals surface area contributed by atoms with Crippen LogP contribution in [0.3, 0.4) is 0 Å². The summed E-state index contributed by atoms with van der Waals surface area (Å²) in [6.07, 6.45) is 3.20. The maximum absolute atomic E-state index is 12.3. The number of hydrogen-bond acceptors (Lipinski definition) is 3. The molecule has 132 valence electrons. The van der Waals surface area contributed by atoms with Gasteiger partial charge in [0, 0.05) is 18.1 Å². The molecule has 0 aliphatic rings. The molecule has 2 aromatic carbocycles. The number of primary sulfonamides is 1. The quantitative estimate of drug-likeness (QED) is 0.811. The molecule has 5 nitrogen and oxygen atoms in total. The van der Waals surface area contributed by atoms with Crippen LogP contribution in [-0.4, -0.2) is 26.3 Å². The van der Waals surface area contributed by atoms with Crippen LogP contribution < -0.4 is 5.14 Å². The fourth-order valence-corrected chi connectivity index (χ4v) is 2.85. The molecule has 0 spiro atoms. The number of sulfonamides is 1. The molecule has 1 unspecified atom stereocenters. The lowest BCUT2D eigenvalue weighted by Crippen LogP contribution is -2.28. The predicted molar refractivity (Wildman–Crippen MR) is 99.5 cm³/mol. The molecule has 0 bridgehead atoms. The summed E-state index contributed by atoms with van der Waals surface area (Å²) in [6, 6.07) is 13.1. The number of likely N-dealkylation sites (N-methyl/N-ethyl adjacent to an activating group) is 1. The Morgan fingerprint density at radius 1 is 1.12 bits per heavy atom. The van der Waals surface area contributed by atoms with Crippen LogP contribution in [0.5, 0.6) is 0 Å². The average molecular weight is 379 g/mol. The Morgan fingerprint density at radius 3 is 2.20 bits per heavy atom. The van der Waals surface area contributed by atoms with Gasteiger partial charge in [-0.15, -0.1) is 0 Å². The summed E-state index contributed by atoms with van der Waals surface area (Å²) in [4.78, 5) is 13.9. The summed E-state index contributed by atoms with van der Waals surface area (Å²) >= 11 is 5.83. The van der Waals surface area contributed by atoms with Crippen LogP contribution in [-0.2, 0) is 14.8 Å². The Balaban J connectivity index is 2.09. The highest BCUT2D eigenvalue weighted by Gasteiger charge is 2.16. The van der Waals surface area contributed by atoms with Crippen LogP contribution in [0, 0.1) is 0 Å². The lowest BCUT2D eigenvalue weighted by Gasteiger charge is -2.24. The van der Waals surface area contributed by atoms with Crippen molar-refractivity contribution in [1.82, 2.24) is 4.90 Å². The van der Waals surface area contributed by atoms with Gasteiger partial charge in [-0.2, -0.15) is 0 Å². The van der Waals surface area contributed by atoms with E-state index in [2.05, 4.69) is 0 Å². The molecule has 0 aliphatic heterocycles. The number of hydrogen-bond donors (Lipinski definition) is 1. The molecular weight excluding hydrogens is 360 g/mol. The highest BCUT2D eigenvalue weighted by Crippen LogP contribution is 2.21. The molecule has 25 heavy (non-hydrogen) atoms. The molecule has 0 aliphatic carbocycles. The predicted octanol–water partition coefficient (Wildman–Crippen LogP) is 3.22. The molecule has 2 N–H and O–H groups in total. The fourth-order valence-electron chi connectivity index (χ4n) is 2.21. The van der Waals surface area contributed by atoms with Crippen molar-refractivity contribution < 1.29 is 13.2 Å². The number of nitrogens with zero attached hydrogens (tertiary/aromatic N) is 1. The molecule has 0 aromatic heterocycles. The van der Waals surface area contributed by atoms with Crippen molar-refractivity contribution in [3.05, 3.63) is 70.8 Å². The molecule has 0 heterocycles. The van der Waals surface area contributed by atoms with Crippen LogP contribution in [0.25, 0.3) is 6.08 Å². The van der Waals surface area contributed by atoms with Gasteiger partial charge in [0.05, 0.1) is 10.9 Å². The van der Waals surface area contributed by atoms with Crippen molar-refractivity contribution in [1.29, 1.82) is 0 Å². The SMILES string of the molecule is CC(c1ccc(S(N)(=O)=O)cc1)N(C)C(=O)/C=C/c1ccc(Cl)cc1. The maximum Gasteiger partial charge on any atom is 0.246 e. The van der Waals surface area contributed by atoms with Gasteiger partial charge in [-0.1, -0.05) is 35.9 Å². The summed E-state index contributed by atoms with van der Waals surface area (Å²) in [5.74, 6) is -0.169. The van der Waals surface area contributed by atoms with Gasteiger partial charge in [-0.05, 0) is 48.4 Å². The van der Waals surface area contributed by atoms with Crippen LogP contribution in [0.15, 0.2) is 59.5 Å². The van der Waals surface area contributed by atoms with Crippen molar-refractivity contribution in [3.63, 3.8) is 0 Å². The Morgan fingerprint density at radius 2 is 1.68 bits per heavy atom. The monoisotopic (exact) mass is 378 g/mol. The van der Waals surface area contributed by atoms with Gasteiger partial charge < -0.3 is 4.90 Å². The molecule has 7 heteroatoms. The van der Waals surface area contributed by atoms with Crippen LogP contribution in [0.4, 0.5) is 0 Å². The standard InChI is InChI=1S/C18H19ClN2O3S/c1-13(15-6-10-17(11-7-15)25(20,23)24)21(2)18(22)12-5-14-3-8-16(19)9-4-14/h3-13H,1-2H3,(H2,20,23,24)/b12-5+. The van der Waals surface area contributed by atoms with Crippen molar-refractivity contribution in [3.8, 4) is 0 Å². The molecule has 1 amide bonds. The van der Waals surface area contributed by atoms with Crippen LogP contribution in [0.2, 0.25) is 5.02 Å². The van der Waals surface area contributed by atoms with Gasteiger partial charge in [0.1, 0.15) is 0 Å². The summed E-state index contributed by atoms with van der Waals surface area (Å²) in [5, 5.41) is 5.72. The van der Waals surface area contributed by atoms with Gasteiger partial charge >= 0.3 is 0 Å². The van der Waals surface area contributed by atoms with Gasteiger partial charge in [-0.3, -0.25) is 4.79 Å². The molecule has 1 atom stereocenters. The van der Waals surface area contributed by atoms with Gasteiger partial charge in [0.15, 0.2) is 0 Å². The van der Waals surface area contributed by atoms with Crippen LogP contribution >= 0.6 is 11.6 Å². The Hall–Kier alpha value is -2.15. The first-order chi connectivity index (χ1) is 11.7. The molecule has 2 aromatic rings. The normalized spacial score (nSPS) is 13.0. The molecule has 0 saturated carbocycles. The molecule has 0 fully saturated rings. The highest BCUT2D eigenvalue weighted by atomic mass is 35.5. The lowest BCUT2D eigenvalue weighted by atomic mass is 10.1. The number of halogens is 1. The van der Waals surface area contributed by atoms with Gasteiger partial charge in [-0.25, -0.2) is 13.6 Å². The van der Waals surface area contributed by atoms with E-state index >= 15 is 0 Å². The minimum absolute atomic E-state index is 0.0417. The lowest BCUT2D eigenvalue weighted by molar-refractivity contribution is -0.126. The Labute approximate surface area is 152 Å². The minimum Gasteiger partial charge on any atom is -0.335 e. The zero-order valence-corrected chi connectivity index (χ0v) is 15.5. The molecule has 0 saturated heterocycles. The van der Waals surface area contributed by atoms with Crippen molar-refractivity contribution in [2.45, 2.75) is 17.9 Å². The van der Waals surface area contributed by atoms with E-state index < -0.39 is 10.0 Å². The number of rotatable bonds is 5. The van der Waals surface area contributed by atoms with Crippen molar-refractivity contribution >= 4 is 33.6 Å². The van der Waals surface area contributed by atoms with E-state index in [4.69, 9.17) is 16.7 Å². The smallest absolute Gasteiger partial charge is 0.246 e. The molecular formula is C18H19ClN2O3S. The Bertz CT molecular complexity index is 876. The third-order valence-electron chi connectivity index (χ3n) is 3.91. The highest BCUT2D eigenvalue weighted by molar-refractivity contribution is 7.89. The van der Waals surface area contributed by atoms with E-state index in [9.17, 15) is 13.2 Å². The minimum atomic E-state index is -3.73. The van der Waals surface area contributed by atoms with E-state index in [-0.39, 0.29) is 16.8 Å². The second-order valence-corrected chi connectivity index (χ2v) is 7.62. The first-order valence-corrected chi connectivity index (χ1v) is 9.44. The summed E-state index contributed by atoms with van der Waals surface area (Å²) < 4.78 is 22.6. The number of benzene rings is 2.